The van der Waals surface area contributed by atoms with Crippen LogP contribution in [0, 0.1) is 12.8 Å². The molecule has 194 valence electrons. The number of benzene rings is 2. The average Bonchev–Trinajstić information content (AvgIpc) is 3.38. The molecule has 5 rings (SSSR count). The zero-order chi connectivity index (χ0) is 25.8. The van der Waals surface area contributed by atoms with Crippen LogP contribution in [0.4, 0.5) is 0 Å². The van der Waals surface area contributed by atoms with E-state index >= 15 is 0 Å². The molecule has 2 heterocycles. The molecule has 4 aromatic rings. The molecule has 1 aliphatic rings. The quantitative estimate of drug-likeness (QED) is 0.317. The first-order valence-electron chi connectivity index (χ1n) is 13.7. The van der Waals surface area contributed by atoms with Crippen LogP contribution in [-0.4, -0.2) is 36.6 Å². The van der Waals surface area contributed by atoms with E-state index in [2.05, 4.69) is 80.3 Å². The summed E-state index contributed by atoms with van der Waals surface area (Å²) in [7, 11) is 0. The molecule has 7 heteroatoms. The lowest BCUT2D eigenvalue weighted by atomic mass is 9.94. The number of nitrogens with zero attached hydrogens (tertiary/aromatic N) is 5. The predicted molar refractivity (Wildman–Crippen MR) is 147 cm³/mol. The second-order valence-electron chi connectivity index (χ2n) is 10.9. The van der Waals surface area contributed by atoms with Crippen LogP contribution in [0.5, 0.6) is 0 Å². The third-order valence-corrected chi connectivity index (χ3v) is 7.71. The molecule has 0 amide bonds. The first-order chi connectivity index (χ1) is 18.0. The molecule has 37 heavy (non-hydrogen) atoms. The van der Waals surface area contributed by atoms with Gasteiger partial charge in [0.2, 0.25) is 0 Å². The molecule has 1 aliphatic carbocycles. The van der Waals surface area contributed by atoms with E-state index in [1.807, 2.05) is 25.1 Å². The molecule has 0 spiro atoms. The largest absolute Gasteiger partial charge is 0.322 e. The lowest BCUT2D eigenvalue weighted by Gasteiger charge is -2.35. The number of tetrazole rings is 1. The van der Waals surface area contributed by atoms with E-state index in [1.54, 1.807) is 0 Å². The SMILES string of the molecule is Cc1ccc2cc(CN(CCc3ccccc3)C(c3nnnn3C3CCCCC3)C(C)C)c(=O)[nH]c2c1. The molecule has 0 radical (unpaired) electrons. The molecule has 1 N–H and O–H groups in total. The minimum absolute atomic E-state index is 0.00578. The van der Waals surface area contributed by atoms with Gasteiger partial charge in [0, 0.05) is 24.2 Å². The van der Waals surface area contributed by atoms with E-state index in [9.17, 15) is 4.79 Å². The fourth-order valence-corrected chi connectivity index (χ4v) is 5.79. The van der Waals surface area contributed by atoms with Gasteiger partial charge in [-0.1, -0.05) is 75.6 Å². The highest BCUT2D eigenvalue weighted by Crippen LogP contribution is 2.34. The summed E-state index contributed by atoms with van der Waals surface area (Å²) in [5, 5.41) is 14.3. The van der Waals surface area contributed by atoms with Gasteiger partial charge in [0.1, 0.15) is 0 Å². The molecule has 1 unspecified atom stereocenters. The number of aromatic amines is 1. The topological polar surface area (TPSA) is 79.7 Å². The van der Waals surface area contributed by atoms with Crippen LogP contribution in [-0.2, 0) is 13.0 Å². The number of fused-ring (bicyclic) bond motifs is 1. The van der Waals surface area contributed by atoms with E-state index in [4.69, 9.17) is 0 Å². The van der Waals surface area contributed by atoms with Crippen molar-refractivity contribution >= 4 is 10.9 Å². The summed E-state index contributed by atoms with van der Waals surface area (Å²) in [6.45, 7) is 7.84. The first kappa shape index (κ1) is 25.3. The van der Waals surface area contributed by atoms with E-state index in [0.717, 1.165) is 53.7 Å². The highest BCUT2D eigenvalue weighted by Gasteiger charge is 2.32. The molecule has 0 saturated heterocycles. The maximum absolute atomic E-state index is 13.2. The summed E-state index contributed by atoms with van der Waals surface area (Å²) in [5.41, 5.74) is 4.04. The van der Waals surface area contributed by atoms with Gasteiger partial charge in [-0.15, -0.1) is 5.10 Å². The highest BCUT2D eigenvalue weighted by atomic mass is 16.1. The van der Waals surface area contributed by atoms with Gasteiger partial charge in [-0.3, -0.25) is 9.69 Å². The lowest BCUT2D eigenvalue weighted by Crippen LogP contribution is -2.37. The zero-order valence-electron chi connectivity index (χ0n) is 22.2. The highest BCUT2D eigenvalue weighted by molar-refractivity contribution is 5.79. The maximum atomic E-state index is 13.2. The first-order valence-corrected chi connectivity index (χ1v) is 13.7. The summed E-state index contributed by atoms with van der Waals surface area (Å²) in [6, 6.07) is 19.1. The number of pyridine rings is 1. The molecular weight excluding hydrogens is 460 g/mol. The molecule has 1 fully saturated rings. The van der Waals surface area contributed by atoms with Gasteiger partial charge in [-0.25, -0.2) is 4.68 Å². The van der Waals surface area contributed by atoms with Crippen molar-refractivity contribution in [1.29, 1.82) is 0 Å². The molecule has 2 aromatic heterocycles. The Kier molecular flexibility index (Phi) is 7.79. The van der Waals surface area contributed by atoms with Crippen LogP contribution < -0.4 is 5.56 Å². The van der Waals surface area contributed by atoms with Gasteiger partial charge in [0.15, 0.2) is 5.82 Å². The van der Waals surface area contributed by atoms with Crippen molar-refractivity contribution in [2.24, 2.45) is 5.92 Å². The summed E-state index contributed by atoms with van der Waals surface area (Å²) >= 11 is 0. The normalized spacial score (nSPS) is 15.6. The van der Waals surface area contributed by atoms with Crippen LogP contribution in [0.3, 0.4) is 0 Å². The fraction of sp³-hybridized carbons (Fsp3) is 0.467. The molecule has 7 nitrogen and oxygen atoms in total. The van der Waals surface area contributed by atoms with Gasteiger partial charge < -0.3 is 4.98 Å². The Balaban J connectivity index is 1.51. The third kappa shape index (κ3) is 5.82. The Labute approximate surface area is 218 Å². The summed E-state index contributed by atoms with van der Waals surface area (Å²) in [4.78, 5) is 18.7. The van der Waals surface area contributed by atoms with Gasteiger partial charge in [0.05, 0.1) is 12.1 Å². The van der Waals surface area contributed by atoms with Crippen LogP contribution in [0.15, 0.2) is 59.4 Å². The van der Waals surface area contributed by atoms with Crippen molar-refractivity contribution < 1.29 is 0 Å². The Morgan fingerprint density at radius 3 is 2.59 bits per heavy atom. The van der Waals surface area contributed by atoms with E-state index < -0.39 is 0 Å². The molecule has 0 aliphatic heterocycles. The zero-order valence-corrected chi connectivity index (χ0v) is 22.2. The number of aromatic nitrogens is 5. The van der Waals surface area contributed by atoms with E-state index in [0.29, 0.717) is 12.6 Å². The number of aryl methyl sites for hydroxylation is 1. The van der Waals surface area contributed by atoms with Gasteiger partial charge in [-0.05, 0) is 71.2 Å². The third-order valence-electron chi connectivity index (χ3n) is 7.71. The van der Waals surface area contributed by atoms with E-state index in [1.165, 1.54) is 24.8 Å². The van der Waals surface area contributed by atoms with Crippen molar-refractivity contribution in [2.75, 3.05) is 6.54 Å². The number of H-pyrrole nitrogens is 1. The predicted octanol–water partition coefficient (Wildman–Crippen LogP) is 5.77. The lowest BCUT2D eigenvalue weighted by molar-refractivity contribution is 0.131. The number of hydrogen-bond donors (Lipinski definition) is 1. The molecule has 1 atom stereocenters. The van der Waals surface area contributed by atoms with Gasteiger partial charge >= 0.3 is 0 Å². The number of hydrogen-bond acceptors (Lipinski definition) is 5. The van der Waals surface area contributed by atoms with Gasteiger partial charge in [-0.2, -0.15) is 0 Å². The Morgan fingerprint density at radius 1 is 1.05 bits per heavy atom. The minimum Gasteiger partial charge on any atom is -0.322 e. The molecular formula is C30H38N6O. The van der Waals surface area contributed by atoms with Gasteiger partial charge in [0.25, 0.3) is 5.56 Å². The van der Waals surface area contributed by atoms with Crippen LogP contribution in [0.25, 0.3) is 10.9 Å². The second kappa shape index (κ2) is 11.4. The fourth-order valence-electron chi connectivity index (χ4n) is 5.79. The summed E-state index contributed by atoms with van der Waals surface area (Å²) in [5.74, 6) is 1.19. The average molecular weight is 499 g/mol. The van der Waals surface area contributed by atoms with Crippen molar-refractivity contribution in [3.63, 3.8) is 0 Å². The number of rotatable bonds is 9. The van der Waals surface area contributed by atoms with Crippen molar-refractivity contribution in [1.82, 2.24) is 30.1 Å². The Morgan fingerprint density at radius 2 is 1.84 bits per heavy atom. The van der Waals surface area contributed by atoms with E-state index in [-0.39, 0.29) is 17.5 Å². The molecule has 2 aromatic carbocycles. The van der Waals surface area contributed by atoms with Crippen LogP contribution in [0.1, 0.15) is 80.6 Å². The van der Waals surface area contributed by atoms with Crippen molar-refractivity contribution in [3.05, 3.63) is 87.5 Å². The molecule has 1 saturated carbocycles. The standard InChI is InChI=1S/C30H38N6O/c1-21(2)28(29-32-33-34-36(29)26-12-8-5-9-13-26)35(17-16-23-10-6-4-7-11-23)20-25-19-24-15-14-22(3)18-27(24)31-30(25)37/h4,6-7,10-11,14-15,18-19,21,26,28H,5,8-9,12-13,16-17,20H2,1-3H3,(H,31,37). The Bertz CT molecular complexity index is 1370. The van der Waals surface area contributed by atoms with Crippen molar-refractivity contribution in [2.45, 2.75) is 77.9 Å². The summed E-state index contributed by atoms with van der Waals surface area (Å²) < 4.78 is 2.09. The minimum atomic E-state index is -0.0304. The molecule has 0 bridgehead atoms. The van der Waals surface area contributed by atoms with Crippen molar-refractivity contribution in [3.8, 4) is 0 Å². The number of nitrogens with one attached hydrogen (secondary N) is 1. The van der Waals surface area contributed by atoms with Crippen LogP contribution >= 0.6 is 0 Å². The Hall–Kier alpha value is -3.32. The van der Waals surface area contributed by atoms with Crippen LogP contribution in [0.2, 0.25) is 0 Å². The maximum Gasteiger partial charge on any atom is 0.252 e. The summed E-state index contributed by atoms with van der Waals surface area (Å²) in [6.07, 6.45) is 6.86. The second-order valence-corrected chi connectivity index (χ2v) is 10.9. The smallest absolute Gasteiger partial charge is 0.252 e. The monoisotopic (exact) mass is 498 g/mol.